The molecule has 1 N–H and O–H groups in total. The minimum Gasteiger partial charge on any atom is -0.484 e. The van der Waals surface area contributed by atoms with Gasteiger partial charge in [-0.15, -0.1) is 0 Å². The Morgan fingerprint density at radius 3 is 2.45 bits per heavy atom. The average molecular weight is 277 g/mol. The molecule has 1 amide bonds. The van der Waals surface area contributed by atoms with E-state index in [0.717, 1.165) is 12.8 Å². The first-order valence-electron chi connectivity index (χ1n) is 6.83. The number of benzene rings is 1. The van der Waals surface area contributed by atoms with Crippen molar-refractivity contribution in [2.75, 3.05) is 13.2 Å². The highest BCUT2D eigenvalue weighted by Gasteiger charge is 2.31. The normalized spacial score (nSPS) is 13.8. The summed E-state index contributed by atoms with van der Waals surface area (Å²) >= 11 is 0. The third-order valence-corrected chi connectivity index (χ3v) is 3.29. The van der Waals surface area contributed by atoms with Crippen molar-refractivity contribution in [3.8, 4) is 5.75 Å². The molecule has 1 aromatic carbocycles. The van der Waals surface area contributed by atoms with Crippen molar-refractivity contribution in [2.45, 2.75) is 32.2 Å². The summed E-state index contributed by atoms with van der Waals surface area (Å²) in [6.45, 7) is 2.71. The summed E-state index contributed by atoms with van der Waals surface area (Å²) in [6, 6.07) is 7.19. The maximum atomic E-state index is 12.0. The zero-order valence-corrected chi connectivity index (χ0v) is 11.5. The van der Waals surface area contributed by atoms with Gasteiger partial charge in [0.1, 0.15) is 5.75 Å². The van der Waals surface area contributed by atoms with Crippen molar-refractivity contribution in [3.63, 3.8) is 0 Å². The van der Waals surface area contributed by atoms with Gasteiger partial charge in [0.2, 0.25) is 0 Å². The van der Waals surface area contributed by atoms with Gasteiger partial charge < -0.3 is 14.7 Å². The highest BCUT2D eigenvalue weighted by Crippen LogP contribution is 2.26. The summed E-state index contributed by atoms with van der Waals surface area (Å²) in [6.07, 6.45) is 2.16. The van der Waals surface area contributed by atoms with Crippen molar-refractivity contribution in [2.24, 2.45) is 0 Å². The number of carboxylic acid groups (broad SMARTS) is 1. The molecule has 1 aliphatic carbocycles. The average Bonchev–Trinajstić information content (AvgIpc) is 3.23. The molecule has 5 nitrogen and oxygen atoms in total. The molecule has 0 atom stereocenters. The number of carboxylic acids is 1. The van der Waals surface area contributed by atoms with Gasteiger partial charge in [0.25, 0.3) is 5.91 Å². The molecule has 0 saturated heterocycles. The summed E-state index contributed by atoms with van der Waals surface area (Å²) in [5.41, 5.74) is 0.712. The van der Waals surface area contributed by atoms with Gasteiger partial charge in [0.15, 0.2) is 6.61 Å². The maximum Gasteiger partial charge on any atom is 0.307 e. The van der Waals surface area contributed by atoms with Crippen LogP contribution in [0.4, 0.5) is 0 Å². The van der Waals surface area contributed by atoms with Crippen molar-refractivity contribution in [1.82, 2.24) is 4.90 Å². The van der Waals surface area contributed by atoms with Gasteiger partial charge in [-0.1, -0.05) is 12.1 Å². The van der Waals surface area contributed by atoms with Crippen LogP contribution in [0, 0.1) is 0 Å². The molecular formula is C15H19NO4. The fraction of sp³-hybridized carbons (Fsp3) is 0.467. The smallest absolute Gasteiger partial charge is 0.307 e. The topological polar surface area (TPSA) is 66.8 Å². The first kappa shape index (κ1) is 14.4. The molecule has 0 bridgehead atoms. The SMILES string of the molecule is CCN(C(=O)COc1ccc(CC(=O)O)cc1)C1CC1. The molecule has 2 rings (SSSR count). The Kier molecular flexibility index (Phi) is 4.61. The molecular weight excluding hydrogens is 258 g/mol. The van der Waals surface area contributed by atoms with Crippen LogP contribution in [0.1, 0.15) is 25.3 Å². The summed E-state index contributed by atoms with van der Waals surface area (Å²) in [5.74, 6) is -0.277. The van der Waals surface area contributed by atoms with E-state index in [9.17, 15) is 9.59 Å². The molecule has 20 heavy (non-hydrogen) atoms. The number of aliphatic carboxylic acids is 1. The van der Waals surface area contributed by atoms with E-state index in [2.05, 4.69) is 0 Å². The fourth-order valence-electron chi connectivity index (χ4n) is 2.13. The highest BCUT2D eigenvalue weighted by molar-refractivity contribution is 5.78. The second kappa shape index (κ2) is 6.41. The number of likely N-dealkylation sites (N-methyl/N-ethyl adjacent to an activating group) is 1. The quantitative estimate of drug-likeness (QED) is 0.823. The van der Waals surface area contributed by atoms with Crippen molar-refractivity contribution >= 4 is 11.9 Å². The molecule has 1 aliphatic rings. The van der Waals surface area contributed by atoms with Crippen LogP contribution >= 0.6 is 0 Å². The van der Waals surface area contributed by atoms with Gasteiger partial charge >= 0.3 is 5.97 Å². The molecule has 1 aromatic rings. The minimum atomic E-state index is -0.864. The fourth-order valence-corrected chi connectivity index (χ4v) is 2.13. The van der Waals surface area contributed by atoms with E-state index >= 15 is 0 Å². The number of ether oxygens (including phenoxy) is 1. The van der Waals surface area contributed by atoms with Gasteiger partial charge in [0, 0.05) is 12.6 Å². The second-order valence-corrected chi connectivity index (χ2v) is 4.91. The van der Waals surface area contributed by atoms with E-state index in [1.807, 2.05) is 11.8 Å². The Labute approximate surface area is 118 Å². The Hall–Kier alpha value is -2.04. The third-order valence-electron chi connectivity index (χ3n) is 3.29. The predicted octanol–water partition coefficient (Wildman–Crippen LogP) is 1.70. The Morgan fingerprint density at radius 2 is 1.95 bits per heavy atom. The van der Waals surface area contributed by atoms with Crippen molar-refractivity contribution in [3.05, 3.63) is 29.8 Å². The van der Waals surface area contributed by atoms with E-state index in [4.69, 9.17) is 9.84 Å². The molecule has 1 fully saturated rings. The second-order valence-electron chi connectivity index (χ2n) is 4.91. The van der Waals surface area contributed by atoms with Crippen LogP contribution in [0.2, 0.25) is 0 Å². The number of carbonyl (C=O) groups is 2. The summed E-state index contributed by atoms with van der Waals surface area (Å²) < 4.78 is 5.45. The lowest BCUT2D eigenvalue weighted by atomic mass is 10.1. The zero-order valence-electron chi connectivity index (χ0n) is 11.5. The first-order valence-corrected chi connectivity index (χ1v) is 6.83. The molecule has 0 aliphatic heterocycles. The van der Waals surface area contributed by atoms with E-state index in [1.54, 1.807) is 24.3 Å². The van der Waals surface area contributed by atoms with Crippen LogP contribution < -0.4 is 4.74 Å². The molecule has 5 heteroatoms. The van der Waals surface area contributed by atoms with E-state index in [0.29, 0.717) is 23.9 Å². The lowest BCUT2D eigenvalue weighted by Crippen LogP contribution is -2.36. The standard InChI is InChI=1S/C15H19NO4/c1-2-16(12-5-6-12)14(17)10-20-13-7-3-11(4-8-13)9-15(18)19/h3-4,7-8,12H,2,5-6,9-10H2,1H3,(H,18,19). The lowest BCUT2D eigenvalue weighted by Gasteiger charge is -2.20. The van der Waals surface area contributed by atoms with Crippen LogP contribution in [-0.2, 0) is 16.0 Å². The van der Waals surface area contributed by atoms with Gasteiger partial charge in [0.05, 0.1) is 6.42 Å². The number of nitrogens with zero attached hydrogens (tertiary/aromatic N) is 1. The van der Waals surface area contributed by atoms with E-state index in [1.165, 1.54) is 0 Å². The molecule has 0 unspecified atom stereocenters. The summed E-state index contributed by atoms with van der Waals surface area (Å²) in [5, 5.41) is 8.68. The summed E-state index contributed by atoms with van der Waals surface area (Å²) in [4.78, 5) is 24.4. The van der Waals surface area contributed by atoms with E-state index < -0.39 is 5.97 Å². The number of carbonyl (C=O) groups excluding carboxylic acids is 1. The lowest BCUT2D eigenvalue weighted by molar-refractivity contribution is -0.136. The maximum absolute atomic E-state index is 12.0. The summed E-state index contributed by atoms with van der Waals surface area (Å²) in [7, 11) is 0. The van der Waals surface area contributed by atoms with Crippen LogP contribution in [0.25, 0.3) is 0 Å². The van der Waals surface area contributed by atoms with Crippen LogP contribution in [-0.4, -0.2) is 41.1 Å². The number of hydrogen-bond acceptors (Lipinski definition) is 3. The third kappa shape index (κ3) is 3.98. The van der Waals surface area contributed by atoms with E-state index in [-0.39, 0.29) is 18.9 Å². The Bertz CT molecular complexity index is 479. The van der Waals surface area contributed by atoms with Crippen LogP contribution in [0.5, 0.6) is 5.75 Å². The molecule has 0 spiro atoms. The number of rotatable bonds is 7. The molecule has 0 radical (unpaired) electrons. The Morgan fingerprint density at radius 1 is 1.30 bits per heavy atom. The van der Waals surface area contributed by atoms with Gasteiger partial charge in [-0.3, -0.25) is 9.59 Å². The molecule has 0 aromatic heterocycles. The first-order chi connectivity index (χ1) is 9.60. The molecule has 1 saturated carbocycles. The largest absolute Gasteiger partial charge is 0.484 e. The van der Waals surface area contributed by atoms with Gasteiger partial charge in [-0.2, -0.15) is 0 Å². The number of amides is 1. The number of hydrogen-bond donors (Lipinski definition) is 1. The van der Waals surface area contributed by atoms with Crippen molar-refractivity contribution in [1.29, 1.82) is 0 Å². The van der Waals surface area contributed by atoms with Gasteiger partial charge in [-0.25, -0.2) is 0 Å². The highest BCUT2D eigenvalue weighted by atomic mass is 16.5. The predicted molar refractivity (Wildman–Crippen MR) is 73.7 cm³/mol. The van der Waals surface area contributed by atoms with Crippen LogP contribution in [0.15, 0.2) is 24.3 Å². The molecule has 108 valence electrons. The van der Waals surface area contributed by atoms with Crippen molar-refractivity contribution < 1.29 is 19.4 Å². The van der Waals surface area contributed by atoms with Gasteiger partial charge in [-0.05, 0) is 37.5 Å². The monoisotopic (exact) mass is 277 g/mol. The minimum absolute atomic E-state index is 0.00427. The zero-order chi connectivity index (χ0) is 14.5. The van der Waals surface area contributed by atoms with Crippen LogP contribution in [0.3, 0.4) is 0 Å². The molecule has 0 heterocycles. The Balaban J connectivity index is 1.84.